The SMILES string of the molecule is O=[N+]([O-])c1ccc(Cl)cc1NC(C1CC1)C1CC1. The van der Waals surface area contributed by atoms with Gasteiger partial charge in [0.2, 0.25) is 0 Å². The van der Waals surface area contributed by atoms with Gasteiger partial charge in [0.25, 0.3) is 5.69 Å². The third-order valence-corrected chi connectivity index (χ3v) is 3.97. The molecule has 2 fully saturated rings. The second kappa shape index (κ2) is 4.43. The van der Waals surface area contributed by atoms with Crippen LogP contribution in [0.2, 0.25) is 5.02 Å². The van der Waals surface area contributed by atoms with E-state index in [1.807, 2.05) is 0 Å². The van der Waals surface area contributed by atoms with Crippen molar-refractivity contribution < 1.29 is 4.92 Å². The number of nitrogens with one attached hydrogen (secondary N) is 1. The Balaban J connectivity index is 1.85. The number of nitrogens with zero attached hydrogens (tertiary/aromatic N) is 1. The number of benzene rings is 1. The van der Waals surface area contributed by atoms with Gasteiger partial charge in [0.1, 0.15) is 5.69 Å². The topological polar surface area (TPSA) is 55.2 Å². The summed E-state index contributed by atoms with van der Waals surface area (Å²) in [7, 11) is 0. The lowest BCUT2D eigenvalue weighted by atomic mass is 10.1. The molecule has 2 aliphatic carbocycles. The van der Waals surface area contributed by atoms with Gasteiger partial charge in [-0.05, 0) is 49.7 Å². The fraction of sp³-hybridized carbons (Fsp3) is 0.538. The molecule has 18 heavy (non-hydrogen) atoms. The first-order valence-corrected chi connectivity index (χ1v) is 6.73. The van der Waals surface area contributed by atoms with Crippen LogP contribution in [0.5, 0.6) is 0 Å². The molecule has 2 saturated carbocycles. The molecule has 0 amide bonds. The van der Waals surface area contributed by atoms with Crippen molar-refractivity contribution >= 4 is 23.0 Å². The number of nitro benzene ring substituents is 1. The second-order valence-electron chi connectivity index (χ2n) is 5.26. The van der Waals surface area contributed by atoms with Crippen molar-refractivity contribution in [3.8, 4) is 0 Å². The van der Waals surface area contributed by atoms with Crippen LogP contribution in [0.15, 0.2) is 18.2 Å². The van der Waals surface area contributed by atoms with Gasteiger partial charge in [0.15, 0.2) is 0 Å². The highest BCUT2D eigenvalue weighted by atomic mass is 35.5. The van der Waals surface area contributed by atoms with Crippen molar-refractivity contribution in [2.75, 3.05) is 5.32 Å². The van der Waals surface area contributed by atoms with Crippen LogP contribution >= 0.6 is 11.6 Å². The van der Waals surface area contributed by atoms with E-state index in [-0.39, 0.29) is 10.6 Å². The first-order valence-electron chi connectivity index (χ1n) is 6.35. The largest absolute Gasteiger partial charge is 0.376 e. The van der Waals surface area contributed by atoms with Crippen LogP contribution in [-0.4, -0.2) is 11.0 Å². The highest BCUT2D eigenvalue weighted by molar-refractivity contribution is 6.31. The molecule has 1 N–H and O–H groups in total. The van der Waals surface area contributed by atoms with Gasteiger partial charge >= 0.3 is 0 Å². The summed E-state index contributed by atoms with van der Waals surface area (Å²) in [6, 6.07) is 5.09. The fourth-order valence-electron chi connectivity index (χ4n) is 2.49. The van der Waals surface area contributed by atoms with E-state index in [1.54, 1.807) is 12.1 Å². The van der Waals surface area contributed by atoms with E-state index in [9.17, 15) is 10.1 Å². The molecule has 0 aromatic heterocycles. The molecule has 0 radical (unpaired) electrons. The monoisotopic (exact) mass is 266 g/mol. The van der Waals surface area contributed by atoms with Crippen LogP contribution < -0.4 is 5.32 Å². The molecule has 4 nitrogen and oxygen atoms in total. The van der Waals surface area contributed by atoms with E-state index in [0.29, 0.717) is 28.6 Å². The molecule has 0 unspecified atom stereocenters. The maximum atomic E-state index is 11.0. The van der Waals surface area contributed by atoms with Crippen molar-refractivity contribution in [2.45, 2.75) is 31.7 Å². The third-order valence-electron chi connectivity index (χ3n) is 3.74. The number of rotatable bonds is 5. The zero-order chi connectivity index (χ0) is 12.7. The molecule has 0 spiro atoms. The van der Waals surface area contributed by atoms with Gasteiger partial charge in [-0.15, -0.1) is 0 Å². The Labute approximate surface area is 110 Å². The van der Waals surface area contributed by atoms with Crippen LogP contribution in [-0.2, 0) is 0 Å². The lowest BCUT2D eigenvalue weighted by Gasteiger charge is -2.19. The van der Waals surface area contributed by atoms with Crippen LogP contribution in [0.3, 0.4) is 0 Å². The molecule has 0 heterocycles. The van der Waals surface area contributed by atoms with E-state index in [4.69, 9.17) is 11.6 Å². The summed E-state index contributed by atoms with van der Waals surface area (Å²) >= 11 is 5.93. The summed E-state index contributed by atoms with van der Waals surface area (Å²) in [6.45, 7) is 0. The summed E-state index contributed by atoms with van der Waals surface area (Å²) in [4.78, 5) is 10.7. The summed E-state index contributed by atoms with van der Waals surface area (Å²) in [5, 5.41) is 14.9. The zero-order valence-corrected chi connectivity index (χ0v) is 10.7. The molecule has 0 saturated heterocycles. The Morgan fingerprint density at radius 1 is 1.28 bits per heavy atom. The van der Waals surface area contributed by atoms with Crippen LogP contribution in [0.1, 0.15) is 25.7 Å². The first-order chi connectivity index (χ1) is 8.65. The standard InChI is InChI=1S/C13H15ClN2O2/c14-10-5-6-12(16(17)18)11(7-10)15-13(8-1-2-8)9-3-4-9/h5-9,13,15H,1-4H2. The molecule has 0 bridgehead atoms. The Kier molecular flexibility index (Phi) is 2.90. The molecule has 3 rings (SSSR count). The van der Waals surface area contributed by atoms with Crippen LogP contribution in [0.25, 0.3) is 0 Å². The molecule has 96 valence electrons. The molecule has 5 heteroatoms. The molecule has 1 aromatic carbocycles. The fourth-order valence-corrected chi connectivity index (χ4v) is 2.67. The minimum atomic E-state index is -0.352. The van der Waals surface area contributed by atoms with E-state index in [2.05, 4.69) is 5.32 Å². The second-order valence-corrected chi connectivity index (χ2v) is 5.70. The van der Waals surface area contributed by atoms with Crippen molar-refractivity contribution in [2.24, 2.45) is 11.8 Å². The highest BCUT2D eigenvalue weighted by Gasteiger charge is 2.42. The van der Waals surface area contributed by atoms with Gasteiger partial charge in [0.05, 0.1) is 4.92 Å². The van der Waals surface area contributed by atoms with Crippen molar-refractivity contribution in [3.63, 3.8) is 0 Å². The normalized spacial score (nSPS) is 19.0. The number of nitro groups is 1. The Morgan fingerprint density at radius 3 is 2.39 bits per heavy atom. The minimum absolute atomic E-state index is 0.116. The molecular weight excluding hydrogens is 252 g/mol. The molecule has 0 aliphatic heterocycles. The first kappa shape index (κ1) is 11.8. The van der Waals surface area contributed by atoms with E-state index in [1.165, 1.54) is 31.7 Å². The van der Waals surface area contributed by atoms with Gasteiger partial charge in [-0.2, -0.15) is 0 Å². The van der Waals surface area contributed by atoms with E-state index in [0.717, 1.165) is 0 Å². The van der Waals surface area contributed by atoms with Crippen molar-refractivity contribution in [1.29, 1.82) is 0 Å². The predicted molar refractivity (Wildman–Crippen MR) is 71.0 cm³/mol. The van der Waals surface area contributed by atoms with Crippen LogP contribution in [0.4, 0.5) is 11.4 Å². The third kappa shape index (κ3) is 2.43. The number of hydrogen-bond acceptors (Lipinski definition) is 3. The van der Waals surface area contributed by atoms with E-state index >= 15 is 0 Å². The molecular formula is C13H15ClN2O2. The number of anilines is 1. The van der Waals surface area contributed by atoms with Gasteiger partial charge in [-0.25, -0.2) is 0 Å². The minimum Gasteiger partial charge on any atom is -0.376 e. The maximum Gasteiger partial charge on any atom is 0.292 e. The van der Waals surface area contributed by atoms with Gasteiger partial charge in [-0.3, -0.25) is 10.1 Å². The van der Waals surface area contributed by atoms with Gasteiger partial charge < -0.3 is 5.32 Å². The molecule has 0 atom stereocenters. The van der Waals surface area contributed by atoms with Crippen LogP contribution in [0, 0.1) is 22.0 Å². The zero-order valence-electron chi connectivity index (χ0n) is 9.93. The highest BCUT2D eigenvalue weighted by Crippen LogP contribution is 2.46. The Hall–Kier alpha value is -1.29. The predicted octanol–water partition coefficient (Wildman–Crippen LogP) is 3.85. The molecule has 2 aliphatic rings. The lowest BCUT2D eigenvalue weighted by molar-refractivity contribution is -0.384. The van der Waals surface area contributed by atoms with Crippen molar-refractivity contribution in [1.82, 2.24) is 0 Å². The maximum absolute atomic E-state index is 11.0. The van der Waals surface area contributed by atoms with Gasteiger partial charge in [-0.1, -0.05) is 11.6 Å². The van der Waals surface area contributed by atoms with Gasteiger partial charge in [0, 0.05) is 17.1 Å². The number of hydrogen-bond donors (Lipinski definition) is 1. The lowest BCUT2D eigenvalue weighted by Crippen LogP contribution is -2.24. The summed E-state index contributed by atoms with van der Waals surface area (Å²) < 4.78 is 0. The average Bonchev–Trinajstić information content (AvgIpc) is 3.17. The summed E-state index contributed by atoms with van der Waals surface area (Å²) in [6.07, 6.45) is 4.95. The number of halogens is 1. The average molecular weight is 267 g/mol. The van der Waals surface area contributed by atoms with E-state index < -0.39 is 0 Å². The summed E-state index contributed by atoms with van der Waals surface area (Å²) in [5.74, 6) is 1.38. The van der Waals surface area contributed by atoms with Crippen molar-refractivity contribution in [3.05, 3.63) is 33.3 Å². The Bertz CT molecular complexity index is 472. The quantitative estimate of drug-likeness (QED) is 0.651. The summed E-state index contributed by atoms with van der Waals surface area (Å²) in [5.41, 5.74) is 0.682. The smallest absolute Gasteiger partial charge is 0.292 e. The molecule has 1 aromatic rings. The Morgan fingerprint density at radius 2 is 1.89 bits per heavy atom.